The number of nitrogens with one attached hydrogen (secondary N) is 1. The molecule has 0 aliphatic rings. The molecule has 0 aliphatic carbocycles. The molecule has 0 aromatic heterocycles. The van der Waals surface area contributed by atoms with Crippen LogP contribution in [0.1, 0.15) is 40.0 Å². The maximum Gasteiger partial charge on any atom is 0.0524 e. The fourth-order valence-corrected chi connectivity index (χ4v) is 1.25. The molecule has 0 fully saturated rings. The molecule has 0 rings (SSSR count). The molecule has 0 bridgehead atoms. The first-order chi connectivity index (χ1) is 5.66. The first-order valence-corrected chi connectivity index (χ1v) is 5.05. The van der Waals surface area contributed by atoms with E-state index in [1.54, 1.807) is 0 Å². The highest BCUT2D eigenvalue weighted by Gasteiger charge is 1.99. The standard InChI is InChI=1S/C10H23NO/c1-4-5-9(2)8-11-7-6-10(3)12/h9-12H,4-8H2,1-3H3. The molecule has 0 aromatic rings. The quantitative estimate of drug-likeness (QED) is 0.575. The molecule has 0 aromatic carbocycles. The molecule has 2 heteroatoms. The van der Waals surface area contributed by atoms with Crippen LogP contribution in [0.2, 0.25) is 0 Å². The first-order valence-electron chi connectivity index (χ1n) is 5.05. The second-order valence-electron chi connectivity index (χ2n) is 3.74. The van der Waals surface area contributed by atoms with Gasteiger partial charge in [0.2, 0.25) is 0 Å². The summed E-state index contributed by atoms with van der Waals surface area (Å²) in [4.78, 5) is 0. The van der Waals surface area contributed by atoms with E-state index >= 15 is 0 Å². The van der Waals surface area contributed by atoms with Crippen LogP contribution in [0, 0.1) is 5.92 Å². The fraction of sp³-hybridized carbons (Fsp3) is 1.00. The van der Waals surface area contributed by atoms with Gasteiger partial charge in [-0.2, -0.15) is 0 Å². The maximum atomic E-state index is 8.98. The molecule has 2 unspecified atom stereocenters. The van der Waals surface area contributed by atoms with Crippen LogP contribution in [0.4, 0.5) is 0 Å². The van der Waals surface area contributed by atoms with Crippen molar-refractivity contribution in [3.8, 4) is 0 Å². The molecule has 2 nitrogen and oxygen atoms in total. The Balaban J connectivity index is 3.08. The normalized spacial score (nSPS) is 16.0. The molecular formula is C10H23NO. The zero-order valence-electron chi connectivity index (χ0n) is 8.64. The van der Waals surface area contributed by atoms with Gasteiger partial charge >= 0.3 is 0 Å². The highest BCUT2D eigenvalue weighted by molar-refractivity contribution is 4.57. The van der Waals surface area contributed by atoms with E-state index in [9.17, 15) is 0 Å². The smallest absolute Gasteiger partial charge is 0.0524 e. The minimum absolute atomic E-state index is 0.168. The third-order valence-electron chi connectivity index (χ3n) is 2.01. The SMILES string of the molecule is CCCC(C)CNCCC(C)O. The summed E-state index contributed by atoms with van der Waals surface area (Å²) in [6.07, 6.45) is 3.25. The van der Waals surface area contributed by atoms with Gasteiger partial charge in [-0.3, -0.25) is 0 Å². The van der Waals surface area contributed by atoms with Crippen molar-refractivity contribution in [2.45, 2.75) is 46.1 Å². The predicted octanol–water partition coefficient (Wildman–Crippen LogP) is 1.78. The van der Waals surface area contributed by atoms with Crippen molar-refractivity contribution in [2.24, 2.45) is 5.92 Å². The molecule has 0 spiro atoms. The highest BCUT2D eigenvalue weighted by atomic mass is 16.3. The Bertz CT molecular complexity index is 93.8. The summed E-state index contributed by atoms with van der Waals surface area (Å²) >= 11 is 0. The minimum Gasteiger partial charge on any atom is -0.393 e. The zero-order chi connectivity index (χ0) is 9.40. The van der Waals surface area contributed by atoms with Gasteiger partial charge in [0.15, 0.2) is 0 Å². The summed E-state index contributed by atoms with van der Waals surface area (Å²) < 4.78 is 0. The summed E-state index contributed by atoms with van der Waals surface area (Å²) in [5.74, 6) is 0.768. The van der Waals surface area contributed by atoms with Crippen LogP contribution in [-0.4, -0.2) is 24.3 Å². The minimum atomic E-state index is -0.168. The summed E-state index contributed by atoms with van der Waals surface area (Å²) in [7, 11) is 0. The van der Waals surface area contributed by atoms with Gasteiger partial charge in [-0.25, -0.2) is 0 Å². The lowest BCUT2D eigenvalue weighted by molar-refractivity contribution is 0.183. The maximum absolute atomic E-state index is 8.98. The average Bonchev–Trinajstić information content (AvgIpc) is 1.98. The largest absolute Gasteiger partial charge is 0.393 e. The van der Waals surface area contributed by atoms with E-state index in [-0.39, 0.29) is 6.10 Å². The van der Waals surface area contributed by atoms with E-state index in [0.29, 0.717) is 0 Å². The Kier molecular flexibility index (Phi) is 7.51. The fourth-order valence-electron chi connectivity index (χ4n) is 1.25. The molecule has 0 saturated heterocycles. The van der Waals surface area contributed by atoms with Crippen molar-refractivity contribution < 1.29 is 5.11 Å². The molecule has 2 atom stereocenters. The molecular weight excluding hydrogens is 150 g/mol. The van der Waals surface area contributed by atoms with Gasteiger partial charge in [0, 0.05) is 0 Å². The number of rotatable bonds is 7. The van der Waals surface area contributed by atoms with Gasteiger partial charge in [0.25, 0.3) is 0 Å². The first kappa shape index (κ1) is 11.9. The Morgan fingerprint density at radius 3 is 2.42 bits per heavy atom. The van der Waals surface area contributed by atoms with Crippen molar-refractivity contribution in [1.29, 1.82) is 0 Å². The number of aliphatic hydroxyl groups excluding tert-OH is 1. The van der Waals surface area contributed by atoms with Crippen molar-refractivity contribution >= 4 is 0 Å². The van der Waals surface area contributed by atoms with Gasteiger partial charge < -0.3 is 10.4 Å². The zero-order valence-corrected chi connectivity index (χ0v) is 8.64. The van der Waals surface area contributed by atoms with Gasteiger partial charge in [-0.05, 0) is 38.8 Å². The van der Waals surface area contributed by atoms with Crippen LogP contribution >= 0.6 is 0 Å². The topological polar surface area (TPSA) is 32.3 Å². The van der Waals surface area contributed by atoms with Crippen LogP contribution in [-0.2, 0) is 0 Å². The highest BCUT2D eigenvalue weighted by Crippen LogP contribution is 2.02. The summed E-state index contributed by atoms with van der Waals surface area (Å²) in [6.45, 7) is 8.33. The molecule has 2 N–H and O–H groups in total. The van der Waals surface area contributed by atoms with Crippen LogP contribution in [0.5, 0.6) is 0 Å². The van der Waals surface area contributed by atoms with Gasteiger partial charge in [-0.15, -0.1) is 0 Å². The lowest BCUT2D eigenvalue weighted by atomic mass is 10.1. The lowest BCUT2D eigenvalue weighted by Crippen LogP contribution is -2.24. The van der Waals surface area contributed by atoms with E-state index in [4.69, 9.17) is 5.11 Å². The third-order valence-corrected chi connectivity index (χ3v) is 2.01. The van der Waals surface area contributed by atoms with Crippen LogP contribution in [0.25, 0.3) is 0 Å². The van der Waals surface area contributed by atoms with Gasteiger partial charge in [0.1, 0.15) is 0 Å². The Morgan fingerprint density at radius 2 is 1.92 bits per heavy atom. The number of aliphatic hydroxyl groups is 1. The van der Waals surface area contributed by atoms with E-state index < -0.39 is 0 Å². The van der Waals surface area contributed by atoms with Crippen LogP contribution in [0.3, 0.4) is 0 Å². The predicted molar refractivity (Wildman–Crippen MR) is 53.2 cm³/mol. The van der Waals surface area contributed by atoms with Gasteiger partial charge in [-0.1, -0.05) is 20.3 Å². The number of hydrogen-bond acceptors (Lipinski definition) is 2. The Labute approximate surface area is 76.4 Å². The Hall–Kier alpha value is -0.0800. The second-order valence-corrected chi connectivity index (χ2v) is 3.74. The van der Waals surface area contributed by atoms with Crippen molar-refractivity contribution in [3.63, 3.8) is 0 Å². The summed E-state index contributed by atoms with van der Waals surface area (Å²) in [5, 5.41) is 12.3. The lowest BCUT2D eigenvalue weighted by Gasteiger charge is -2.11. The van der Waals surface area contributed by atoms with Crippen molar-refractivity contribution in [3.05, 3.63) is 0 Å². The molecule has 0 heterocycles. The third kappa shape index (κ3) is 8.02. The average molecular weight is 173 g/mol. The molecule has 0 saturated carbocycles. The van der Waals surface area contributed by atoms with E-state index in [1.807, 2.05) is 6.92 Å². The summed E-state index contributed by atoms with van der Waals surface area (Å²) in [5.41, 5.74) is 0. The van der Waals surface area contributed by atoms with Gasteiger partial charge in [0.05, 0.1) is 6.10 Å². The Morgan fingerprint density at radius 1 is 1.25 bits per heavy atom. The van der Waals surface area contributed by atoms with E-state index in [1.165, 1.54) is 12.8 Å². The molecule has 0 aliphatic heterocycles. The van der Waals surface area contributed by atoms with Crippen molar-refractivity contribution in [1.82, 2.24) is 5.32 Å². The van der Waals surface area contributed by atoms with Crippen LogP contribution < -0.4 is 5.32 Å². The van der Waals surface area contributed by atoms with Crippen LogP contribution in [0.15, 0.2) is 0 Å². The monoisotopic (exact) mass is 173 g/mol. The molecule has 12 heavy (non-hydrogen) atoms. The van der Waals surface area contributed by atoms with E-state index in [0.717, 1.165) is 25.4 Å². The number of hydrogen-bond donors (Lipinski definition) is 2. The summed E-state index contributed by atoms with van der Waals surface area (Å²) in [6, 6.07) is 0. The van der Waals surface area contributed by atoms with E-state index in [2.05, 4.69) is 19.2 Å². The second kappa shape index (κ2) is 7.56. The molecule has 0 amide bonds. The van der Waals surface area contributed by atoms with Crippen molar-refractivity contribution in [2.75, 3.05) is 13.1 Å². The molecule has 74 valence electrons. The molecule has 0 radical (unpaired) electrons.